The summed E-state index contributed by atoms with van der Waals surface area (Å²) in [6.07, 6.45) is 1.80. The number of H-pyrrole nitrogens is 1. The van der Waals surface area contributed by atoms with E-state index in [0.717, 1.165) is 18.5 Å². The summed E-state index contributed by atoms with van der Waals surface area (Å²) in [6.45, 7) is 6.99. The highest BCUT2D eigenvalue weighted by molar-refractivity contribution is 5.96. The molecule has 2 aromatic heterocycles. The van der Waals surface area contributed by atoms with Crippen molar-refractivity contribution in [3.05, 3.63) is 34.5 Å². The minimum atomic E-state index is -0.562. The molecule has 1 atom stereocenters. The molecule has 1 fully saturated rings. The first-order valence-corrected chi connectivity index (χ1v) is 8.49. The molecule has 1 saturated heterocycles. The normalized spacial score (nSPS) is 17.9. The highest BCUT2D eigenvalue weighted by atomic mass is 16.5. The quantitative estimate of drug-likeness (QED) is 0.878. The van der Waals surface area contributed by atoms with Crippen molar-refractivity contribution in [1.82, 2.24) is 20.3 Å². The number of aromatic nitrogens is 3. The summed E-state index contributed by atoms with van der Waals surface area (Å²) in [5, 5.41) is 10.8. The fraction of sp³-hybridized carbons (Fsp3) is 0.529. The molecule has 8 nitrogen and oxygen atoms in total. The molecule has 0 unspecified atom stereocenters. The van der Waals surface area contributed by atoms with E-state index < -0.39 is 5.91 Å². The summed E-state index contributed by atoms with van der Waals surface area (Å²) in [5.74, 6) is 0.198. The summed E-state index contributed by atoms with van der Waals surface area (Å²) < 4.78 is 5.34. The van der Waals surface area contributed by atoms with E-state index >= 15 is 0 Å². The van der Waals surface area contributed by atoms with Crippen LogP contribution in [0.15, 0.2) is 10.6 Å². The minimum absolute atomic E-state index is 0.0539. The molecule has 2 amide bonds. The smallest absolute Gasteiger partial charge is 0.269 e. The average molecular weight is 345 g/mol. The zero-order chi connectivity index (χ0) is 18.1. The summed E-state index contributed by atoms with van der Waals surface area (Å²) in [6, 6.07) is 1.67. The van der Waals surface area contributed by atoms with Crippen LogP contribution >= 0.6 is 0 Å². The third-order valence-electron chi connectivity index (χ3n) is 4.63. The zero-order valence-corrected chi connectivity index (χ0v) is 14.7. The average Bonchev–Trinajstić information content (AvgIpc) is 3.21. The van der Waals surface area contributed by atoms with Gasteiger partial charge >= 0.3 is 0 Å². The molecule has 1 aliphatic rings. The van der Waals surface area contributed by atoms with Gasteiger partial charge in [0.2, 0.25) is 0 Å². The number of nitrogens with zero attached hydrogens (tertiary/aromatic N) is 3. The lowest BCUT2D eigenvalue weighted by molar-refractivity contribution is 0.0702. The predicted molar refractivity (Wildman–Crippen MR) is 90.3 cm³/mol. The summed E-state index contributed by atoms with van der Waals surface area (Å²) in [7, 11) is 0. The maximum absolute atomic E-state index is 13.0. The zero-order valence-electron chi connectivity index (χ0n) is 14.7. The number of hydrogen-bond acceptors (Lipinski definition) is 5. The SMILES string of the molecule is Cc1noc(C(C)C)c1C(=O)N1CCC[C@H](c2cc(C(N)=O)n[nH]2)C1. The Kier molecular flexibility index (Phi) is 4.61. The molecule has 3 heterocycles. The molecular weight excluding hydrogens is 322 g/mol. The number of aromatic amines is 1. The number of piperidine rings is 1. The first-order valence-electron chi connectivity index (χ1n) is 8.49. The lowest BCUT2D eigenvalue weighted by atomic mass is 9.93. The van der Waals surface area contributed by atoms with E-state index in [0.29, 0.717) is 30.1 Å². The number of rotatable bonds is 4. The second-order valence-electron chi connectivity index (χ2n) is 6.83. The van der Waals surface area contributed by atoms with Gasteiger partial charge in [0.1, 0.15) is 11.3 Å². The van der Waals surface area contributed by atoms with E-state index in [-0.39, 0.29) is 23.4 Å². The van der Waals surface area contributed by atoms with Crippen LogP contribution in [0.1, 0.15) is 76.5 Å². The third-order valence-corrected chi connectivity index (χ3v) is 4.63. The highest BCUT2D eigenvalue weighted by Crippen LogP contribution is 2.29. The van der Waals surface area contributed by atoms with Crippen LogP contribution < -0.4 is 5.73 Å². The molecule has 0 aromatic carbocycles. The van der Waals surface area contributed by atoms with Crippen LogP contribution in [0.5, 0.6) is 0 Å². The van der Waals surface area contributed by atoms with Crippen LogP contribution in [0, 0.1) is 6.92 Å². The first kappa shape index (κ1) is 17.2. The van der Waals surface area contributed by atoms with Crippen LogP contribution in [-0.4, -0.2) is 45.2 Å². The number of likely N-dealkylation sites (tertiary alicyclic amines) is 1. The second-order valence-corrected chi connectivity index (χ2v) is 6.83. The third kappa shape index (κ3) is 3.29. The van der Waals surface area contributed by atoms with Crippen LogP contribution in [0.25, 0.3) is 0 Å². The summed E-state index contributed by atoms with van der Waals surface area (Å²) in [5.41, 5.74) is 7.49. The van der Waals surface area contributed by atoms with E-state index in [9.17, 15) is 9.59 Å². The molecule has 0 bridgehead atoms. The largest absolute Gasteiger partial charge is 0.364 e. The predicted octanol–water partition coefficient (Wildman–Crippen LogP) is 1.95. The Hall–Kier alpha value is -2.64. The maximum Gasteiger partial charge on any atom is 0.269 e. The molecule has 0 radical (unpaired) electrons. The van der Waals surface area contributed by atoms with Gasteiger partial charge in [0.15, 0.2) is 5.76 Å². The van der Waals surface area contributed by atoms with Crippen molar-refractivity contribution in [2.24, 2.45) is 5.73 Å². The summed E-state index contributed by atoms with van der Waals surface area (Å²) in [4.78, 5) is 26.1. The summed E-state index contributed by atoms with van der Waals surface area (Å²) >= 11 is 0. The number of aryl methyl sites for hydroxylation is 1. The van der Waals surface area contributed by atoms with E-state index in [2.05, 4.69) is 15.4 Å². The number of nitrogens with one attached hydrogen (secondary N) is 1. The molecule has 134 valence electrons. The first-order chi connectivity index (χ1) is 11.9. The van der Waals surface area contributed by atoms with E-state index in [1.54, 1.807) is 13.0 Å². The standard InChI is InChI=1S/C17H23N5O3/c1-9(2)15-14(10(3)21-25-15)17(24)22-6-4-5-11(8-22)12-7-13(16(18)23)20-19-12/h7,9,11H,4-6,8H2,1-3H3,(H2,18,23)(H,19,20)/t11-/m0/s1. The van der Waals surface area contributed by atoms with Crippen molar-refractivity contribution in [2.75, 3.05) is 13.1 Å². The number of carbonyl (C=O) groups is 2. The van der Waals surface area contributed by atoms with E-state index in [1.165, 1.54) is 0 Å². The maximum atomic E-state index is 13.0. The molecule has 0 saturated carbocycles. The van der Waals surface area contributed by atoms with Crippen molar-refractivity contribution in [1.29, 1.82) is 0 Å². The Morgan fingerprint density at radius 2 is 2.20 bits per heavy atom. The Balaban J connectivity index is 1.80. The molecule has 1 aliphatic heterocycles. The lowest BCUT2D eigenvalue weighted by Crippen LogP contribution is -2.39. The number of carbonyl (C=O) groups excluding carboxylic acids is 2. The van der Waals surface area contributed by atoms with Gasteiger partial charge in [-0.05, 0) is 25.8 Å². The van der Waals surface area contributed by atoms with Crippen molar-refractivity contribution >= 4 is 11.8 Å². The minimum Gasteiger partial charge on any atom is -0.364 e. The Bertz CT molecular complexity index is 792. The number of hydrogen-bond donors (Lipinski definition) is 2. The molecule has 25 heavy (non-hydrogen) atoms. The van der Waals surface area contributed by atoms with Crippen molar-refractivity contribution < 1.29 is 14.1 Å². The van der Waals surface area contributed by atoms with Gasteiger partial charge < -0.3 is 15.2 Å². The van der Waals surface area contributed by atoms with Crippen molar-refractivity contribution in [2.45, 2.75) is 45.4 Å². The highest BCUT2D eigenvalue weighted by Gasteiger charge is 2.31. The van der Waals surface area contributed by atoms with Gasteiger partial charge in [-0.15, -0.1) is 0 Å². The number of nitrogens with two attached hydrogens (primary N) is 1. The van der Waals surface area contributed by atoms with Gasteiger partial charge in [-0.3, -0.25) is 14.7 Å². The van der Waals surface area contributed by atoms with Crippen LogP contribution in [-0.2, 0) is 0 Å². The molecule has 8 heteroatoms. The Morgan fingerprint density at radius 3 is 2.84 bits per heavy atom. The Morgan fingerprint density at radius 1 is 1.44 bits per heavy atom. The monoisotopic (exact) mass is 345 g/mol. The molecule has 0 spiro atoms. The van der Waals surface area contributed by atoms with Gasteiger partial charge in [-0.2, -0.15) is 5.10 Å². The van der Waals surface area contributed by atoms with Gasteiger partial charge in [0, 0.05) is 30.6 Å². The molecular formula is C17H23N5O3. The van der Waals surface area contributed by atoms with Crippen LogP contribution in [0.3, 0.4) is 0 Å². The van der Waals surface area contributed by atoms with E-state index in [1.807, 2.05) is 18.7 Å². The fourth-order valence-electron chi connectivity index (χ4n) is 3.29. The van der Waals surface area contributed by atoms with Gasteiger partial charge in [0.25, 0.3) is 11.8 Å². The molecule has 3 N–H and O–H groups in total. The molecule has 0 aliphatic carbocycles. The van der Waals surface area contributed by atoms with Gasteiger partial charge in [-0.25, -0.2) is 0 Å². The molecule has 3 rings (SSSR count). The molecule has 2 aromatic rings. The number of primary amides is 1. The van der Waals surface area contributed by atoms with Crippen molar-refractivity contribution in [3.8, 4) is 0 Å². The fourth-order valence-corrected chi connectivity index (χ4v) is 3.29. The van der Waals surface area contributed by atoms with Gasteiger partial charge in [-0.1, -0.05) is 19.0 Å². The lowest BCUT2D eigenvalue weighted by Gasteiger charge is -2.32. The van der Waals surface area contributed by atoms with E-state index in [4.69, 9.17) is 10.3 Å². The Labute approximate surface area is 145 Å². The van der Waals surface area contributed by atoms with Crippen molar-refractivity contribution in [3.63, 3.8) is 0 Å². The second kappa shape index (κ2) is 6.70. The topological polar surface area (TPSA) is 118 Å². The number of amides is 2. The van der Waals surface area contributed by atoms with Crippen LogP contribution in [0.4, 0.5) is 0 Å². The van der Waals surface area contributed by atoms with Gasteiger partial charge in [0.05, 0.1) is 5.69 Å². The van der Waals surface area contributed by atoms with Crippen LogP contribution in [0.2, 0.25) is 0 Å².